The zero-order valence-electron chi connectivity index (χ0n) is 27.1. The van der Waals surface area contributed by atoms with E-state index in [0.717, 1.165) is 17.9 Å². The van der Waals surface area contributed by atoms with Gasteiger partial charge < -0.3 is 38.8 Å². The smallest absolute Gasteiger partial charge is 0.404 e. The van der Waals surface area contributed by atoms with Gasteiger partial charge in [-0.05, 0) is 36.5 Å². The van der Waals surface area contributed by atoms with E-state index in [-0.39, 0.29) is 36.0 Å². The van der Waals surface area contributed by atoms with Crippen molar-refractivity contribution in [1.29, 1.82) is 0 Å². The van der Waals surface area contributed by atoms with E-state index in [4.69, 9.17) is 33.5 Å². The molecule has 0 aromatic heterocycles. The SMILES string of the molecule is CC(C)(C)CCOCCOCCOCCOCCOCCOc1ccc2c(c1)C(=O)N(C1CCC(=O)NC1=O)C2=O.CNC(=O)O. The minimum absolute atomic E-state index is 0.0708. The molecule has 5 amide bonds. The molecule has 3 rings (SSSR count). The van der Waals surface area contributed by atoms with E-state index in [0.29, 0.717) is 65.2 Å². The van der Waals surface area contributed by atoms with Gasteiger partial charge in [0.25, 0.3) is 11.8 Å². The summed E-state index contributed by atoms with van der Waals surface area (Å²) in [5.74, 6) is -1.78. The summed E-state index contributed by atoms with van der Waals surface area (Å²) in [5.41, 5.74) is 0.650. The first-order valence-electron chi connectivity index (χ1n) is 15.2. The van der Waals surface area contributed by atoms with E-state index in [1.54, 1.807) is 6.07 Å². The van der Waals surface area contributed by atoms with Crippen molar-refractivity contribution in [3.05, 3.63) is 29.3 Å². The third kappa shape index (κ3) is 14.2. The molecule has 2 heterocycles. The Morgan fingerprint density at radius 3 is 1.78 bits per heavy atom. The van der Waals surface area contributed by atoms with Crippen LogP contribution in [0.25, 0.3) is 0 Å². The van der Waals surface area contributed by atoms with Gasteiger partial charge in [0, 0.05) is 20.1 Å². The summed E-state index contributed by atoms with van der Waals surface area (Å²) in [6.45, 7) is 11.7. The molecule has 0 spiro atoms. The Bertz CT molecular complexity index is 1150. The minimum Gasteiger partial charge on any atom is -0.491 e. The van der Waals surface area contributed by atoms with E-state index in [2.05, 4.69) is 26.1 Å². The van der Waals surface area contributed by atoms with Crippen LogP contribution in [0.2, 0.25) is 0 Å². The van der Waals surface area contributed by atoms with Crippen molar-refractivity contribution in [1.82, 2.24) is 15.5 Å². The highest BCUT2D eigenvalue weighted by atomic mass is 16.6. The Kier molecular flexibility index (Phi) is 17.2. The predicted molar refractivity (Wildman–Crippen MR) is 164 cm³/mol. The maximum absolute atomic E-state index is 12.9. The zero-order valence-corrected chi connectivity index (χ0v) is 27.1. The number of rotatable bonds is 19. The van der Waals surface area contributed by atoms with E-state index in [1.165, 1.54) is 19.2 Å². The first-order valence-corrected chi connectivity index (χ1v) is 15.2. The van der Waals surface area contributed by atoms with E-state index in [9.17, 15) is 24.0 Å². The van der Waals surface area contributed by atoms with Crippen LogP contribution in [-0.4, -0.2) is 125 Å². The molecule has 0 bridgehead atoms. The molecule has 258 valence electrons. The van der Waals surface area contributed by atoms with Crippen LogP contribution in [-0.2, 0) is 33.3 Å². The predicted octanol–water partition coefficient (Wildman–Crippen LogP) is 1.87. The first-order chi connectivity index (χ1) is 21.9. The fourth-order valence-electron chi connectivity index (χ4n) is 4.12. The molecule has 1 unspecified atom stereocenters. The molecule has 1 atom stereocenters. The van der Waals surface area contributed by atoms with Crippen molar-refractivity contribution < 1.29 is 57.5 Å². The van der Waals surface area contributed by atoms with Crippen LogP contribution >= 0.6 is 0 Å². The number of carbonyl (C=O) groups excluding carboxylic acids is 4. The van der Waals surface area contributed by atoms with Crippen LogP contribution in [0.5, 0.6) is 5.75 Å². The summed E-state index contributed by atoms with van der Waals surface area (Å²) in [4.78, 5) is 59.4. The Morgan fingerprint density at radius 1 is 0.826 bits per heavy atom. The summed E-state index contributed by atoms with van der Waals surface area (Å²) < 4.78 is 33.1. The largest absolute Gasteiger partial charge is 0.491 e. The third-order valence-corrected chi connectivity index (χ3v) is 6.61. The number of carboxylic acid groups (broad SMARTS) is 1. The monoisotopic (exact) mass is 653 g/mol. The minimum atomic E-state index is -1.00. The summed E-state index contributed by atoms with van der Waals surface area (Å²) in [6, 6.07) is 3.58. The highest BCUT2D eigenvalue weighted by molar-refractivity contribution is 6.23. The van der Waals surface area contributed by atoms with Gasteiger partial charge in [0.05, 0.1) is 70.6 Å². The van der Waals surface area contributed by atoms with E-state index < -0.39 is 35.8 Å². The highest BCUT2D eigenvalue weighted by Crippen LogP contribution is 2.30. The van der Waals surface area contributed by atoms with Gasteiger partial charge in [0.2, 0.25) is 11.8 Å². The van der Waals surface area contributed by atoms with Crippen LogP contribution in [0.4, 0.5) is 4.79 Å². The van der Waals surface area contributed by atoms with Crippen LogP contribution in [0.1, 0.15) is 60.7 Å². The number of piperidine rings is 1. The molecule has 15 nitrogen and oxygen atoms in total. The van der Waals surface area contributed by atoms with Crippen LogP contribution in [0.15, 0.2) is 18.2 Å². The maximum Gasteiger partial charge on any atom is 0.404 e. The van der Waals surface area contributed by atoms with Gasteiger partial charge in [-0.1, -0.05) is 20.8 Å². The fourth-order valence-corrected chi connectivity index (χ4v) is 4.12. The van der Waals surface area contributed by atoms with Gasteiger partial charge in [-0.25, -0.2) is 4.79 Å². The van der Waals surface area contributed by atoms with Gasteiger partial charge in [0.1, 0.15) is 18.4 Å². The second-order valence-electron chi connectivity index (χ2n) is 11.4. The van der Waals surface area contributed by atoms with Crippen LogP contribution < -0.4 is 15.4 Å². The number of nitrogens with zero attached hydrogens (tertiary/aromatic N) is 1. The van der Waals surface area contributed by atoms with Gasteiger partial charge in [-0.3, -0.25) is 29.4 Å². The number of hydrogen-bond acceptors (Lipinski definition) is 11. The highest BCUT2D eigenvalue weighted by Gasteiger charge is 2.44. The molecule has 15 heteroatoms. The summed E-state index contributed by atoms with van der Waals surface area (Å²) in [6.07, 6.45) is 0.205. The van der Waals surface area contributed by atoms with Crippen molar-refractivity contribution in [3.8, 4) is 5.75 Å². The number of amides is 5. The number of nitrogens with one attached hydrogen (secondary N) is 2. The Labute approximate surface area is 269 Å². The lowest BCUT2D eigenvalue weighted by molar-refractivity contribution is -0.136. The normalized spacial score (nSPS) is 16.1. The number of ether oxygens (including phenoxy) is 6. The van der Waals surface area contributed by atoms with Crippen molar-refractivity contribution in [2.24, 2.45) is 5.41 Å². The molecular weight excluding hydrogens is 606 g/mol. The summed E-state index contributed by atoms with van der Waals surface area (Å²) in [5, 5.41) is 11.7. The van der Waals surface area contributed by atoms with Gasteiger partial charge >= 0.3 is 6.09 Å². The van der Waals surface area contributed by atoms with Crippen molar-refractivity contribution in [2.45, 2.75) is 46.1 Å². The average molecular weight is 654 g/mol. The molecule has 0 saturated carbocycles. The second-order valence-corrected chi connectivity index (χ2v) is 11.4. The standard InChI is InChI=1S/C29H42N2O10.C2H5NO2/c1-29(2,3)8-9-36-10-11-37-12-13-38-14-15-39-16-17-40-18-19-41-21-4-5-22-23(20-21)28(35)31(27(22)34)24-6-7-25(32)30-26(24)33;1-3-2(4)5/h4-5,20,24H,6-19H2,1-3H3,(H,30,32,33);3H,1H3,(H,4,5). The maximum atomic E-state index is 12.9. The van der Waals surface area contributed by atoms with Gasteiger partial charge in [-0.2, -0.15) is 0 Å². The Hall–Kier alpha value is -3.63. The zero-order chi connectivity index (χ0) is 34.0. The van der Waals surface area contributed by atoms with Gasteiger partial charge in [-0.15, -0.1) is 0 Å². The third-order valence-electron chi connectivity index (χ3n) is 6.61. The lowest BCUT2D eigenvalue weighted by Gasteiger charge is -2.27. The molecule has 3 N–H and O–H groups in total. The molecule has 2 aliphatic rings. The molecule has 1 saturated heterocycles. The number of benzene rings is 1. The molecular formula is C31H47N3O12. The van der Waals surface area contributed by atoms with Crippen molar-refractivity contribution >= 4 is 29.7 Å². The molecule has 0 radical (unpaired) electrons. The lowest BCUT2D eigenvalue weighted by Crippen LogP contribution is -2.54. The number of imide groups is 2. The molecule has 0 aliphatic carbocycles. The van der Waals surface area contributed by atoms with Crippen molar-refractivity contribution in [3.63, 3.8) is 0 Å². The van der Waals surface area contributed by atoms with Crippen LogP contribution in [0.3, 0.4) is 0 Å². The van der Waals surface area contributed by atoms with Crippen molar-refractivity contribution in [2.75, 3.05) is 79.7 Å². The quantitative estimate of drug-likeness (QED) is 0.146. The van der Waals surface area contributed by atoms with E-state index >= 15 is 0 Å². The first kappa shape index (κ1) is 38.6. The van der Waals surface area contributed by atoms with Crippen LogP contribution in [0, 0.1) is 5.41 Å². The number of fused-ring (bicyclic) bond motifs is 1. The average Bonchev–Trinajstić information content (AvgIpc) is 3.24. The van der Waals surface area contributed by atoms with Gasteiger partial charge in [0.15, 0.2) is 0 Å². The molecule has 1 aromatic carbocycles. The molecule has 1 fully saturated rings. The molecule has 2 aliphatic heterocycles. The Morgan fingerprint density at radius 2 is 1.30 bits per heavy atom. The fraction of sp³-hybridized carbons (Fsp3) is 0.645. The summed E-state index contributed by atoms with van der Waals surface area (Å²) in [7, 11) is 1.35. The lowest BCUT2D eigenvalue weighted by atomic mass is 9.93. The number of carbonyl (C=O) groups is 5. The molecule has 46 heavy (non-hydrogen) atoms. The number of hydrogen-bond donors (Lipinski definition) is 3. The molecule has 1 aromatic rings. The summed E-state index contributed by atoms with van der Waals surface area (Å²) >= 11 is 0. The Balaban J connectivity index is 0.00000136. The second kappa shape index (κ2) is 20.5. The topological polar surface area (TPSA) is 188 Å². The van der Waals surface area contributed by atoms with E-state index in [1.807, 2.05) is 5.32 Å².